The van der Waals surface area contributed by atoms with Crippen LogP contribution in [0.3, 0.4) is 0 Å². The van der Waals surface area contributed by atoms with E-state index in [4.69, 9.17) is 23.2 Å². The zero-order valence-electron chi connectivity index (χ0n) is 14.4. The van der Waals surface area contributed by atoms with E-state index in [0.29, 0.717) is 22.2 Å². The van der Waals surface area contributed by atoms with Crippen LogP contribution in [0.5, 0.6) is 0 Å². The molecule has 9 heteroatoms. The van der Waals surface area contributed by atoms with Crippen molar-refractivity contribution in [2.75, 3.05) is 18.0 Å². The van der Waals surface area contributed by atoms with E-state index in [2.05, 4.69) is 19.6 Å². The summed E-state index contributed by atoms with van der Waals surface area (Å²) in [6.45, 7) is 3.64. The van der Waals surface area contributed by atoms with Gasteiger partial charge >= 0.3 is 0 Å². The lowest BCUT2D eigenvalue weighted by atomic mass is 10.1. The smallest absolute Gasteiger partial charge is 0.242 e. The largest absolute Gasteiger partial charge is 0.341 e. The van der Waals surface area contributed by atoms with Gasteiger partial charge in [-0.25, -0.2) is 23.1 Å². The average molecular weight is 415 g/mol. The van der Waals surface area contributed by atoms with E-state index in [0.717, 1.165) is 25.9 Å². The van der Waals surface area contributed by atoms with Crippen LogP contribution in [0, 0.1) is 6.92 Å². The first-order chi connectivity index (χ1) is 12.4. The van der Waals surface area contributed by atoms with Gasteiger partial charge < -0.3 is 4.90 Å². The third-order valence-corrected chi connectivity index (χ3v) is 6.56. The second-order valence-electron chi connectivity index (χ2n) is 6.25. The molecule has 0 spiro atoms. The molecule has 1 aromatic heterocycles. The molecule has 0 bridgehead atoms. The summed E-state index contributed by atoms with van der Waals surface area (Å²) in [6, 6.07) is 4.60. The molecule has 1 aromatic carbocycles. The first-order valence-electron chi connectivity index (χ1n) is 8.39. The number of nitrogens with one attached hydrogen (secondary N) is 1. The summed E-state index contributed by atoms with van der Waals surface area (Å²) in [6.07, 6.45) is 5.11. The van der Waals surface area contributed by atoms with Crippen molar-refractivity contribution in [3.8, 4) is 0 Å². The summed E-state index contributed by atoms with van der Waals surface area (Å²) in [4.78, 5) is 10.9. The lowest BCUT2D eigenvalue weighted by Gasteiger charge is -2.26. The molecule has 2 heterocycles. The fraction of sp³-hybridized carbons (Fsp3) is 0.412. The number of nitrogens with zero attached hydrogens (tertiary/aromatic N) is 3. The van der Waals surface area contributed by atoms with E-state index in [9.17, 15) is 8.42 Å². The predicted molar refractivity (Wildman–Crippen MR) is 103 cm³/mol. The molecular formula is C17H20Cl2N4O2S. The van der Waals surface area contributed by atoms with Gasteiger partial charge in [0.1, 0.15) is 4.90 Å². The van der Waals surface area contributed by atoms with Crippen molar-refractivity contribution in [3.63, 3.8) is 0 Å². The van der Waals surface area contributed by atoms with Gasteiger partial charge in [-0.3, -0.25) is 0 Å². The second-order valence-corrected chi connectivity index (χ2v) is 8.80. The Kier molecular flexibility index (Phi) is 6.02. The van der Waals surface area contributed by atoms with Crippen LogP contribution < -0.4 is 9.62 Å². The highest BCUT2D eigenvalue weighted by molar-refractivity contribution is 7.89. The Balaban J connectivity index is 1.75. The van der Waals surface area contributed by atoms with Crippen LogP contribution in [0.4, 0.5) is 5.95 Å². The summed E-state index contributed by atoms with van der Waals surface area (Å²) >= 11 is 12.0. The SMILES string of the molecule is Cc1cc(S(=O)(=O)NCc2ccnc(N3CCCCC3)n2)c(Cl)cc1Cl. The van der Waals surface area contributed by atoms with Crippen molar-refractivity contribution in [2.24, 2.45) is 0 Å². The lowest BCUT2D eigenvalue weighted by molar-refractivity contribution is 0.566. The molecule has 0 saturated carbocycles. The zero-order valence-corrected chi connectivity index (χ0v) is 16.7. The molecule has 6 nitrogen and oxygen atoms in total. The molecule has 0 aliphatic carbocycles. The summed E-state index contributed by atoms with van der Waals surface area (Å²) in [5.41, 5.74) is 1.25. The molecule has 140 valence electrons. The number of hydrogen-bond acceptors (Lipinski definition) is 5. The molecule has 26 heavy (non-hydrogen) atoms. The van der Waals surface area contributed by atoms with Crippen LogP contribution in [0.2, 0.25) is 10.0 Å². The van der Waals surface area contributed by atoms with Gasteiger partial charge in [-0.05, 0) is 49.9 Å². The Labute approximate surface area is 163 Å². The van der Waals surface area contributed by atoms with Gasteiger partial charge in [-0.15, -0.1) is 0 Å². The number of piperidine rings is 1. The number of aryl methyl sites for hydroxylation is 1. The van der Waals surface area contributed by atoms with Gasteiger partial charge in [0.25, 0.3) is 0 Å². The first kappa shape index (κ1) is 19.4. The van der Waals surface area contributed by atoms with Crippen molar-refractivity contribution in [3.05, 3.63) is 45.7 Å². The van der Waals surface area contributed by atoms with E-state index in [1.54, 1.807) is 19.2 Å². The van der Waals surface area contributed by atoms with Gasteiger partial charge in [0.2, 0.25) is 16.0 Å². The summed E-state index contributed by atoms with van der Waals surface area (Å²) in [5, 5.41) is 0.515. The molecule has 0 unspecified atom stereocenters. The predicted octanol–water partition coefficient (Wildman–Crippen LogP) is 3.56. The number of hydrogen-bond donors (Lipinski definition) is 1. The standard InChI is InChI=1S/C17H20Cl2N4O2S/c1-12-9-16(15(19)10-14(12)18)26(24,25)21-11-13-5-6-20-17(22-13)23-7-3-2-4-8-23/h5-6,9-10,21H,2-4,7-8,11H2,1H3. The van der Waals surface area contributed by atoms with Crippen molar-refractivity contribution in [1.82, 2.24) is 14.7 Å². The molecule has 1 aliphatic heterocycles. The summed E-state index contributed by atoms with van der Waals surface area (Å²) in [5.74, 6) is 0.641. The van der Waals surface area contributed by atoms with E-state index >= 15 is 0 Å². The highest BCUT2D eigenvalue weighted by Gasteiger charge is 2.20. The number of benzene rings is 1. The molecule has 1 N–H and O–H groups in total. The Morgan fingerprint density at radius 2 is 1.88 bits per heavy atom. The van der Waals surface area contributed by atoms with Crippen molar-refractivity contribution >= 4 is 39.2 Å². The van der Waals surface area contributed by atoms with Crippen LogP contribution in [-0.4, -0.2) is 31.5 Å². The minimum Gasteiger partial charge on any atom is -0.341 e. The second kappa shape index (κ2) is 8.08. The highest BCUT2D eigenvalue weighted by atomic mass is 35.5. The maximum atomic E-state index is 12.6. The fourth-order valence-electron chi connectivity index (χ4n) is 2.81. The lowest BCUT2D eigenvalue weighted by Crippen LogP contribution is -2.31. The van der Waals surface area contributed by atoms with E-state index in [-0.39, 0.29) is 16.5 Å². The monoisotopic (exact) mass is 414 g/mol. The molecule has 0 atom stereocenters. The Morgan fingerprint density at radius 1 is 1.15 bits per heavy atom. The van der Waals surface area contributed by atoms with Crippen LogP contribution in [0.1, 0.15) is 30.5 Å². The van der Waals surface area contributed by atoms with Crippen molar-refractivity contribution in [1.29, 1.82) is 0 Å². The number of sulfonamides is 1. The molecule has 0 radical (unpaired) electrons. The molecule has 1 saturated heterocycles. The van der Waals surface area contributed by atoms with Gasteiger partial charge in [-0.2, -0.15) is 0 Å². The number of halogens is 2. The summed E-state index contributed by atoms with van der Waals surface area (Å²) in [7, 11) is -3.78. The first-order valence-corrected chi connectivity index (χ1v) is 10.6. The van der Waals surface area contributed by atoms with E-state index in [1.165, 1.54) is 18.6 Å². The van der Waals surface area contributed by atoms with Crippen LogP contribution >= 0.6 is 23.2 Å². The molecule has 2 aromatic rings. The number of aromatic nitrogens is 2. The minimum atomic E-state index is -3.78. The highest BCUT2D eigenvalue weighted by Crippen LogP contribution is 2.28. The van der Waals surface area contributed by atoms with Gasteiger partial charge in [0.15, 0.2) is 0 Å². The van der Waals surface area contributed by atoms with Crippen molar-refractivity contribution in [2.45, 2.75) is 37.6 Å². The third kappa shape index (κ3) is 4.46. The number of rotatable bonds is 5. The zero-order chi connectivity index (χ0) is 18.7. The van der Waals surface area contributed by atoms with Crippen LogP contribution in [0.25, 0.3) is 0 Å². The maximum absolute atomic E-state index is 12.6. The molecular weight excluding hydrogens is 395 g/mol. The van der Waals surface area contributed by atoms with E-state index in [1.807, 2.05) is 0 Å². The molecule has 3 rings (SSSR count). The van der Waals surface area contributed by atoms with Crippen LogP contribution in [-0.2, 0) is 16.6 Å². The Morgan fingerprint density at radius 3 is 2.62 bits per heavy atom. The quantitative estimate of drug-likeness (QED) is 0.808. The van der Waals surface area contributed by atoms with Gasteiger partial charge in [0.05, 0.1) is 17.3 Å². The van der Waals surface area contributed by atoms with E-state index < -0.39 is 10.0 Å². The Bertz CT molecular complexity index is 900. The minimum absolute atomic E-state index is 0.00590. The fourth-order valence-corrected chi connectivity index (χ4v) is 4.64. The topological polar surface area (TPSA) is 75.2 Å². The molecule has 1 aliphatic rings. The molecule has 1 fully saturated rings. The Hall–Kier alpha value is -1.41. The maximum Gasteiger partial charge on any atom is 0.242 e. The van der Waals surface area contributed by atoms with Gasteiger partial charge in [-0.1, -0.05) is 23.2 Å². The van der Waals surface area contributed by atoms with Crippen LogP contribution in [0.15, 0.2) is 29.3 Å². The van der Waals surface area contributed by atoms with Crippen molar-refractivity contribution < 1.29 is 8.42 Å². The number of anilines is 1. The third-order valence-electron chi connectivity index (χ3n) is 4.29. The average Bonchev–Trinajstić information content (AvgIpc) is 2.64. The molecule has 0 amide bonds. The normalized spacial score (nSPS) is 15.3. The van der Waals surface area contributed by atoms with Gasteiger partial charge in [0, 0.05) is 24.3 Å². The summed E-state index contributed by atoms with van der Waals surface area (Å²) < 4.78 is 27.7.